The number of benzene rings is 2. The first-order valence-corrected chi connectivity index (χ1v) is 9.14. The summed E-state index contributed by atoms with van der Waals surface area (Å²) in [5, 5.41) is 10.8. The van der Waals surface area contributed by atoms with Crippen LogP contribution in [-0.4, -0.2) is 22.9 Å². The van der Waals surface area contributed by atoms with Crippen LogP contribution < -0.4 is 15.8 Å². The summed E-state index contributed by atoms with van der Waals surface area (Å²) in [6.07, 6.45) is 2.77. The molecule has 28 heavy (non-hydrogen) atoms. The molecular weight excluding hydrogens is 350 g/mol. The van der Waals surface area contributed by atoms with E-state index in [0.29, 0.717) is 11.5 Å². The van der Waals surface area contributed by atoms with Gasteiger partial charge < -0.3 is 15.8 Å². The maximum Gasteiger partial charge on any atom is 0.227 e. The van der Waals surface area contributed by atoms with Crippen molar-refractivity contribution in [3.8, 4) is 17.0 Å². The number of nitrogens with one attached hydrogen (secondary N) is 2. The smallest absolute Gasteiger partial charge is 0.227 e. The van der Waals surface area contributed by atoms with Crippen LogP contribution >= 0.6 is 0 Å². The highest BCUT2D eigenvalue weighted by molar-refractivity contribution is 5.95. The average molecular weight is 373 g/mol. The van der Waals surface area contributed by atoms with E-state index in [9.17, 15) is 0 Å². The first-order valence-electron chi connectivity index (χ1n) is 9.14. The molecular formula is C22H23N5O. The molecule has 0 amide bonds. The highest BCUT2D eigenvalue weighted by atomic mass is 16.5. The van der Waals surface area contributed by atoms with E-state index in [1.807, 2.05) is 36.5 Å². The fraction of sp³-hybridized carbons (Fsp3) is 0.227. The molecule has 2 aromatic carbocycles. The number of hydrogen-bond donors (Lipinski definition) is 3. The first-order chi connectivity index (χ1) is 13.4. The minimum atomic E-state index is 0.00271. The second kappa shape index (κ2) is 6.64. The molecule has 1 heterocycles. The second-order valence-corrected chi connectivity index (χ2v) is 7.66. The minimum absolute atomic E-state index is 0.00271. The Balaban J connectivity index is 1.76. The van der Waals surface area contributed by atoms with Gasteiger partial charge in [-0.3, -0.25) is 5.41 Å². The zero-order valence-corrected chi connectivity index (χ0v) is 16.2. The van der Waals surface area contributed by atoms with Gasteiger partial charge in [0, 0.05) is 23.0 Å². The van der Waals surface area contributed by atoms with Crippen molar-refractivity contribution in [1.82, 2.24) is 9.97 Å². The molecule has 0 atom stereocenters. The third kappa shape index (κ3) is 3.17. The number of hydrogen-bond acceptors (Lipinski definition) is 5. The van der Waals surface area contributed by atoms with Crippen LogP contribution in [0.4, 0.5) is 11.6 Å². The van der Waals surface area contributed by atoms with E-state index in [4.69, 9.17) is 20.9 Å². The summed E-state index contributed by atoms with van der Waals surface area (Å²) in [6.45, 7) is 4.47. The Morgan fingerprint density at radius 1 is 1.21 bits per heavy atom. The number of nitrogen functional groups attached to an aromatic ring is 1. The van der Waals surface area contributed by atoms with E-state index in [2.05, 4.69) is 30.2 Å². The zero-order chi connectivity index (χ0) is 19.9. The molecule has 1 aromatic heterocycles. The predicted molar refractivity (Wildman–Crippen MR) is 111 cm³/mol. The van der Waals surface area contributed by atoms with Gasteiger partial charge in [-0.05, 0) is 47.2 Å². The largest absolute Gasteiger partial charge is 0.497 e. The highest BCUT2D eigenvalue weighted by Crippen LogP contribution is 2.43. The number of rotatable bonds is 4. The number of ether oxygens (including phenoxy) is 1. The van der Waals surface area contributed by atoms with Gasteiger partial charge in [0.1, 0.15) is 11.6 Å². The minimum Gasteiger partial charge on any atom is -0.497 e. The van der Waals surface area contributed by atoms with Crippen molar-refractivity contribution >= 4 is 17.5 Å². The van der Waals surface area contributed by atoms with Gasteiger partial charge in [-0.1, -0.05) is 32.0 Å². The van der Waals surface area contributed by atoms with Crippen molar-refractivity contribution in [1.29, 1.82) is 5.41 Å². The van der Waals surface area contributed by atoms with Crippen molar-refractivity contribution < 1.29 is 4.74 Å². The molecule has 6 heteroatoms. The van der Waals surface area contributed by atoms with Gasteiger partial charge in [0.25, 0.3) is 0 Å². The van der Waals surface area contributed by atoms with Crippen molar-refractivity contribution in [3.05, 3.63) is 65.4 Å². The molecule has 4 rings (SSSR count). The first kappa shape index (κ1) is 18.0. The van der Waals surface area contributed by atoms with Gasteiger partial charge in [0.15, 0.2) is 0 Å². The molecule has 0 saturated heterocycles. The third-order valence-electron chi connectivity index (χ3n) is 5.14. The summed E-state index contributed by atoms with van der Waals surface area (Å²) < 4.78 is 5.43. The summed E-state index contributed by atoms with van der Waals surface area (Å²) >= 11 is 0. The molecule has 0 unspecified atom stereocenters. The van der Waals surface area contributed by atoms with Gasteiger partial charge in [-0.15, -0.1) is 0 Å². The monoisotopic (exact) mass is 373 g/mol. The quantitative estimate of drug-likeness (QED) is 0.474. The number of fused-ring (bicyclic) bond motifs is 3. The summed E-state index contributed by atoms with van der Waals surface area (Å²) in [4.78, 5) is 9.31. The van der Waals surface area contributed by atoms with E-state index in [1.165, 1.54) is 5.56 Å². The van der Waals surface area contributed by atoms with Gasteiger partial charge >= 0.3 is 0 Å². The SMILES string of the molecule is COc1ccc2c(c1)-c1nc(Nc3cccc(C(=N)N)c3)ncc1CC2(C)C. The molecule has 4 N–H and O–H groups in total. The number of methoxy groups -OCH3 is 1. The Labute approximate surface area is 164 Å². The van der Waals surface area contributed by atoms with Crippen LogP contribution in [0.2, 0.25) is 0 Å². The molecule has 3 aromatic rings. The maximum absolute atomic E-state index is 7.60. The third-order valence-corrected chi connectivity index (χ3v) is 5.14. The number of aromatic nitrogens is 2. The number of nitrogens with zero attached hydrogens (tertiary/aromatic N) is 2. The normalized spacial score (nSPS) is 14.0. The van der Waals surface area contributed by atoms with E-state index in [0.717, 1.165) is 34.7 Å². The molecule has 0 fully saturated rings. The van der Waals surface area contributed by atoms with E-state index < -0.39 is 0 Å². The molecule has 0 aliphatic heterocycles. The van der Waals surface area contributed by atoms with Crippen molar-refractivity contribution in [2.75, 3.05) is 12.4 Å². The Bertz CT molecular complexity index is 1070. The Hall–Kier alpha value is -3.41. The summed E-state index contributed by atoms with van der Waals surface area (Å²) in [7, 11) is 1.67. The van der Waals surface area contributed by atoms with Crippen LogP contribution in [0.3, 0.4) is 0 Å². The second-order valence-electron chi connectivity index (χ2n) is 7.66. The Kier molecular flexibility index (Phi) is 4.26. The van der Waals surface area contributed by atoms with Gasteiger partial charge in [-0.25, -0.2) is 9.97 Å². The van der Waals surface area contributed by atoms with Crippen LogP contribution in [0.5, 0.6) is 5.75 Å². The predicted octanol–water partition coefficient (Wildman–Crippen LogP) is 4.01. The lowest BCUT2D eigenvalue weighted by molar-refractivity contribution is 0.414. The maximum atomic E-state index is 7.60. The van der Waals surface area contributed by atoms with E-state index >= 15 is 0 Å². The topological polar surface area (TPSA) is 96.9 Å². The summed E-state index contributed by atoms with van der Waals surface area (Å²) in [5.41, 5.74) is 11.4. The molecule has 0 spiro atoms. The number of amidine groups is 1. The lowest BCUT2D eigenvalue weighted by Crippen LogP contribution is -2.26. The number of nitrogens with two attached hydrogens (primary N) is 1. The lowest BCUT2D eigenvalue weighted by atomic mass is 9.72. The molecule has 0 radical (unpaired) electrons. The number of anilines is 2. The fourth-order valence-electron chi connectivity index (χ4n) is 3.73. The Morgan fingerprint density at radius 3 is 2.79 bits per heavy atom. The van der Waals surface area contributed by atoms with Crippen LogP contribution in [0.25, 0.3) is 11.3 Å². The van der Waals surface area contributed by atoms with Crippen molar-refractivity contribution in [2.45, 2.75) is 25.7 Å². The molecule has 0 bridgehead atoms. The van der Waals surface area contributed by atoms with Gasteiger partial charge in [0.2, 0.25) is 5.95 Å². The molecule has 142 valence electrons. The molecule has 6 nitrogen and oxygen atoms in total. The fourth-order valence-corrected chi connectivity index (χ4v) is 3.73. The van der Waals surface area contributed by atoms with Gasteiger partial charge in [-0.2, -0.15) is 0 Å². The summed E-state index contributed by atoms with van der Waals surface area (Å²) in [5.74, 6) is 1.34. The van der Waals surface area contributed by atoms with Gasteiger partial charge in [0.05, 0.1) is 12.8 Å². The Morgan fingerprint density at radius 2 is 2.04 bits per heavy atom. The standard InChI is InChI=1S/C22H23N5O/c1-22(2)11-14-12-25-21(26-15-6-4-5-13(9-15)20(23)24)27-19(14)17-10-16(28-3)7-8-18(17)22/h4-10,12H,11H2,1-3H3,(H3,23,24)(H,25,26,27). The average Bonchev–Trinajstić information content (AvgIpc) is 2.68. The van der Waals surface area contributed by atoms with Crippen molar-refractivity contribution in [2.24, 2.45) is 5.73 Å². The molecule has 1 aliphatic rings. The lowest BCUT2D eigenvalue weighted by Gasteiger charge is -2.33. The van der Waals surface area contributed by atoms with Crippen LogP contribution in [0.15, 0.2) is 48.7 Å². The molecule has 1 aliphatic carbocycles. The van der Waals surface area contributed by atoms with Crippen LogP contribution in [0, 0.1) is 5.41 Å². The highest BCUT2D eigenvalue weighted by Gasteiger charge is 2.32. The van der Waals surface area contributed by atoms with Crippen LogP contribution in [0.1, 0.15) is 30.5 Å². The zero-order valence-electron chi connectivity index (χ0n) is 16.2. The molecule has 0 saturated carbocycles. The van der Waals surface area contributed by atoms with Crippen molar-refractivity contribution in [3.63, 3.8) is 0 Å². The van der Waals surface area contributed by atoms with E-state index in [-0.39, 0.29) is 11.3 Å². The van der Waals surface area contributed by atoms with Crippen LogP contribution in [-0.2, 0) is 11.8 Å². The summed E-state index contributed by atoms with van der Waals surface area (Å²) in [6, 6.07) is 13.5. The van der Waals surface area contributed by atoms with E-state index in [1.54, 1.807) is 13.2 Å².